The molecule has 3 atom stereocenters. The van der Waals surface area contributed by atoms with Crippen LogP contribution in [0.15, 0.2) is 24.3 Å². The topological polar surface area (TPSA) is 172 Å². The third-order valence-corrected chi connectivity index (χ3v) is 4.81. The molecule has 2 amide bonds. The lowest BCUT2D eigenvalue weighted by atomic mass is 10.0. The number of nitrogens with one attached hydrogen (secondary N) is 1. The molecule has 30 heavy (non-hydrogen) atoms. The Bertz CT molecular complexity index is 727. The number of phenols is 1. The Balaban J connectivity index is 2.14. The average molecular weight is 422 g/mol. The van der Waals surface area contributed by atoms with Gasteiger partial charge in [-0.15, -0.1) is 0 Å². The van der Waals surface area contributed by atoms with Crippen LogP contribution in [0.25, 0.3) is 0 Å². The van der Waals surface area contributed by atoms with Crippen LogP contribution in [-0.4, -0.2) is 77.3 Å². The molecule has 0 aromatic heterocycles. The van der Waals surface area contributed by atoms with E-state index in [0.717, 1.165) is 18.4 Å². The summed E-state index contributed by atoms with van der Waals surface area (Å²) in [6.45, 7) is 1.86. The van der Waals surface area contributed by atoms with Crippen molar-refractivity contribution in [3.8, 4) is 5.75 Å². The monoisotopic (exact) mass is 422 g/mol. The molecule has 10 nitrogen and oxygen atoms in total. The number of carboxylic acids is 1. The smallest absolute Gasteiger partial charge is 0.336 e. The number of carbonyl (C=O) groups is 3. The van der Waals surface area contributed by atoms with E-state index in [-0.39, 0.29) is 18.1 Å². The summed E-state index contributed by atoms with van der Waals surface area (Å²) in [4.78, 5) is 38.3. The normalized spacial score (nSPS) is 18.5. The van der Waals surface area contributed by atoms with E-state index in [1.807, 2.05) is 0 Å². The van der Waals surface area contributed by atoms with Crippen LogP contribution in [0, 0.1) is 0 Å². The fraction of sp³-hybridized carbons (Fsp3) is 0.550. The molecule has 1 heterocycles. The largest absolute Gasteiger partial charge is 0.508 e. The van der Waals surface area contributed by atoms with Crippen molar-refractivity contribution in [1.29, 1.82) is 0 Å². The fourth-order valence-electron chi connectivity index (χ4n) is 3.10. The summed E-state index contributed by atoms with van der Waals surface area (Å²) in [6.07, 6.45) is -0.0107. The van der Waals surface area contributed by atoms with Crippen LogP contribution in [0.2, 0.25) is 0 Å². The van der Waals surface area contributed by atoms with Crippen LogP contribution in [-0.2, 0) is 25.5 Å². The summed E-state index contributed by atoms with van der Waals surface area (Å²) in [5, 5.41) is 21.1. The van der Waals surface area contributed by atoms with Crippen LogP contribution in [0.1, 0.15) is 24.8 Å². The molecular formula is C20H30N4O6. The Hall–Kier alpha value is -2.69. The van der Waals surface area contributed by atoms with Gasteiger partial charge in [-0.1, -0.05) is 12.1 Å². The SMILES string of the molecule is NCCCCN(CCCN)C(=O)C(Cc1ccc(O)cc1)NC(=O)C1OC1C(=O)O. The Morgan fingerprint density at radius 2 is 1.67 bits per heavy atom. The number of ether oxygens (including phenoxy) is 1. The molecule has 166 valence electrons. The number of aliphatic carboxylic acids is 1. The minimum Gasteiger partial charge on any atom is -0.508 e. The van der Waals surface area contributed by atoms with Crippen molar-refractivity contribution in [2.24, 2.45) is 11.5 Å². The number of aromatic hydroxyl groups is 1. The Labute approximate surface area is 175 Å². The van der Waals surface area contributed by atoms with Gasteiger partial charge in [0.2, 0.25) is 5.91 Å². The van der Waals surface area contributed by atoms with Gasteiger partial charge in [0, 0.05) is 19.5 Å². The maximum absolute atomic E-state index is 13.2. The van der Waals surface area contributed by atoms with Gasteiger partial charge in [-0.2, -0.15) is 0 Å². The highest BCUT2D eigenvalue weighted by Crippen LogP contribution is 2.23. The molecule has 1 aliphatic rings. The lowest BCUT2D eigenvalue weighted by molar-refractivity contribution is -0.138. The number of phenolic OH excluding ortho intramolecular Hbond substituents is 1. The first-order valence-electron chi connectivity index (χ1n) is 10.0. The number of hydrogen-bond acceptors (Lipinski definition) is 7. The van der Waals surface area contributed by atoms with Gasteiger partial charge in [-0.25, -0.2) is 4.79 Å². The summed E-state index contributed by atoms with van der Waals surface area (Å²) in [5.74, 6) is -2.05. The van der Waals surface area contributed by atoms with E-state index < -0.39 is 30.1 Å². The molecule has 1 aromatic rings. The number of carbonyl (C=O) groups excluding carboxylic acids is 2. The highest BCUT2D eigenvalue weighted by molar-refractivity contribution is 5.95. The first-order chi connectivity index (χ1) is 14.4. The molecule has 0 saturated carbocycles. The second kappa shape index (κ2) is 11.5. The molecule has 0 spiro atoms. The molecule has 0 radical (unpaired) electrons. The van der Waals surface area contributed by atoms with Gasteiger partial charge in [-0.05, 0) is 50.0 Å². The summed E-state index contributed by atoms with van der Waals surface area (Å²) in [5.41, 5.74) is 11.9. The second-order valence-electron chi connectivity index (χ2n) is 7.21. The standard InChI is InChI=1S/C20H30N4O6/c21-8-1-2-10-24(11-3-9-22)19(27)15(12-13-4-6-14(25)7-5-13)23-18(26)16-17(30-16)20(28)29/h4-7,15-17,25H,1-3,8-12,21-22H2,(H,23,26)(H,28,29). The van der Waals surface area contributed by atoms with Crippen molar-refractivity contribution in [3.63, 3.8) is 0 Å². The molecule has 0 aliphatic carbocycles. The average Bonchev–Trinajstić information content (AvgIpc) is 3.52. The number of carboxylic acid groups (broad SMARTS) is 1. The Morgan fingerprint density at radius 3 is 2.23 bits per heavy atom. The minimum absolute atomic E-state index is 0.0905. The molecule has 7 N–H and O–H groups in total. The maximum Gasteiger partial charge on any atom is 0.336 e. The number of unbranched alkanes of at least 4 members (excludes halogenated alkanes) is 1. The summed E-state index contributed by atoms with van der Waals surface area (Å²) in [7, 11) is 0. The molecule has 1 fully saturated rings. The zero-order chi connectivity index (χ0) is 22.1. The van der Waals surface area contributed by atoms with E-state index >= 15 is 0 Å². The molecule has 1 aliphatic heterocycles. The quantitative estimate of drug-likeness (QED) is 0.203. The predicted molar refractivity (Wildman–Crippen MR) is 109 cm³/mol. The molecule has 2 rings (SSSR count). The predicted octanol–water partition coefficient (Wildman–Crippen LogP) is -0.812. The van der Waals surface area contributed by atoms with Gasteiger partial charge in [0.15, 0.2) is 12.2 Å². The van der Waals surface area contributed by atoms with E-state index in [1.165, 1.54) is 12.1 Å². The van der Waals surface area contributed by atoms with Gasteiger partial charge in [0.25, 0.3) is 5.91 Å². The van der Waals surface area contributed by atoms with Gasteiger partial charge < -0.3 is 36.6 Å². The van der Waals surface area contributed by atoms with E-state index in [0.29, 0.717) is 32.6 Å². The number of rotatable bonds is 13. The molecule has 3 unspecified atom stereocenters. The number of benzene rings is 1. The van der Waals surface area contributed by atoms with Crippen molar-refractivity contribution in [2.75, 3.05) is 26.2 Å². The highest BCUT2D eigenvalue weighted by atomic mass is 16.6. The lowest BCUT2D eigenvalue weighted by Gasteiger charge is -2.28. The highest BCUT2D eigenvalue weighted by Gasteiger charge is 2.51. The van der Waals surface area contributed by atoms with Crippen molar-refractivity contribution in [1.82, 2.24) is 10.2 Å². The molecule has 10 heteroatoms. The Kier molecular flexibility index (Phi) is 9.03. The summed E-state index contributed by atoms with van der Waals surface area (Å²) in [6, 6.07) is 5.41. The van der Waals surface area contributed by atoms with Crippen LogP contribution in [0.5, 0.6) is 5.75 Å². The third kappa shape index (κ3) is 6.97. The van der Waals surface area contributed by atoms with E-state index in [1.54, 1.807) is 17.0 Å². The van der Waals surface area contributed by atoms with Gasteiger partial charge >= 0.3 is 5.97 Å². The number of hydrogen-bond donors (Lipinski definition) is 5. The first kappa shape index (κ1) is 23.6. The van der Waals surface area contributed by atoms with E-state index in [9.17, 15) is 19.5 Å². The lowest BCUT2D eigenvalue weighted by Crippen LogP contribution is -2.51. The van der Waals surface area contributed by atoms with Crippen LogP contribution < -0.4 is 16.8 Å². The number of nitrogens with two attached hydrogens (primary N) is 2. The van der Waals surface area contributed by atoms with E-state index in [2.05, 4.69) is 5.32 Å². The summed E-state index contributed by atoms with van der Waals surface area (Å²) < 4.78 is 4.89. The van der Waals surface area contributed by atoms with Crippen molar-refractivity contribution in [2.45, 2.75) is 43.9 Å². The third-order valence-electron chi connectivity index (χ3n) is 4.81. The number of nitrogens with zero attached hydrogens (tertiary/aromatic N) is 1. The van der Waals surface area contributed by atoms with Crippen molar-refractivity contribution >= 4 is 17.8 Å². The first-order valence-corrected chi connectivity index (χ1v) is 10.0. The fourth-order valence-corrected chi connectivity index (χ4v) is 3.10. The maximum atomic E-state index is 13.2. The van der Waals surface area contributed by atoms with Crippen LogP contribution in [0.3, 0.4) is 0 Å². The summed E-state index contributed by atoms with van der Waals surface area (Å²) >= 11 is 0. The molecule has 1 aromatic carbocycles. The number of amides is 2. The molecule has 1 saturated heterocycles. The van der Waals surface area contributed by atoms with Crippen LogP contribution >= 0.6 is 0 Å². The van der Waals surface area contributed by atoms with Gasteiger partial charge in [-0.3, -0.25) is 9.59 Å². The molecule has 0 bridgehead atoms. The van der Waals surface area contributed by atoms with Gasteiger partial charge in [0.05, 0.1) is 0 Å². The minimum atomic E-state index is -1.22. The Morgan fingerprint density at radius 1 is 1.03 bits per heavy atom. The second-order valence-corrected chi connectivity index (χ2v) is 7.21. The van der Waals surface area contributed by atoms with Crippen LogP contribution in [0.4, 0.5) is 0 Å². The molecular weight excluding hydrogens is 392 g/mol. The van der Waals surface area contributed by atoms with E-state index in [4.69, 9.17) is 21.3 Å². The van der Waals surface area contributed by atoms with Crippen molar-refractivity contribution < 1.29 is 29.3 Å². The zero-order valence-corrected chi connectivity index (χ0v) is 16.8. The number of epoxide rings is 1. The zero-order valence-electron chi connectivity index (χ0n) is 16.8. The van der Waals surface area contributed by atoms with Gasteiger partial charge in [0.1, 0.15) is 11.8 Å². The van der Waals surface area contributed by atoms with Crippen molar-refractivity contribution in [3.05, 3.63) is 29.8 Å².